The first-order chi connectivity index (χ1) is 10.1. The van der Waals surface area contributed by atoms with Crippen LogP contribution in [0.5, 0.6) is 0 Å². The van der Waals surface area contributed by atoms with Crippen molar-refractivity contribution in [2.75, 3.05) is 13.1 Å². The van der Waals surface area contributed by atoms with Crippen molar-refractivity contribution in [1.82, 2.24) is 10.3 Å². The van der Waals surface area contributed by atoms with Gasteiger partial charge in [-0.1, -0.05) is 36.7 Å². The number of halogens is 1. The highest BCUT2D eigenvalue weighted by atomic mass is 35.5. The number of benzene rings is 1. The molecule has 0 aliphatic rings. The lowest BCUT2D eigenvalue weighted by atomic mass is 9.95. The molecule has 1 atom stereocenters. The van der Waals surface area contributed by atoms with Crippen LogP contribution >= 0.6 is 22.9 Å². The Morgan fingerprint density at radius 2 is 2.05 bits per heavy atom. The van der Waals surface area contributed by atoms with Gasteiger partial charge in [-0.05, 0) is 38.4 Å². The Morgan fingerprint density at radius 1 is 1.29 bits per heavy atom. The molecular formula is C17H23ClN2S. The molecular weight excluding hydrogens is 300 g/mol. The Hall–Kier alpha value is -0.900. The zero-order valence-corrected chi connectivity index (χ0v) is 14.5. The lowest BCUT2D eigenvalue weighted by molar-refractivity contribution is 0.575. The summed E-state index contributed by atoms with van der Waals surface area (Å²) in [6.07, 6.45) is 2.09. The van der Waals surface area contributed by atoms with Crippen LogP contribution in [0.25, 0.3) is 0 Å². The summed E-state index contributed by atoms with van der Waals surface area (Å²) in [7, 11) is 0. The fourth-order valence-corrected chi connectivity index (χ4v) is 3.69. The summed E-state index contributed by atoms with van der Waals surface area (Å²) in [6, 6.07) is 8.16. The number of hydrogen-bond donors (Lipinski definition) is 1. The van der Waals surface area contributed by atoms with E-state index in [0.717, 1.165) is 36.6 Å². The smallest absolute Gasteiger partial charge is 0.0937 e. The van der Waals surface area contributed by atoms with Crippen LogP contribution in [-0.4, -0.2) is 18.1 Å². The minimum absolute atomic E-state index is 0.371. The highest BCUT2D eigenvalue weighted by Crippen LogP contribution is 2.29. The molecule has 0 amide bonds. The summed E-state index contributed by atoms with van der Waals surface area (Å²) >= 11 is 8.19. The fourth-order valence-electron chi connectivity index (χ4n) is 2.39. The van der Waals surface area contributed by atoms with E-state index in [9.17, 15) is 0 Å². The minimum Gasteiger partial charge on any atom is -0.316 e. The predicted octanol–water partition coefficient (Wildman–Crippen LogP) is 4.74. The zero-order valence-electron chi connectivity index (χ0n) is 12.9. The molecule has 1 unspecified atom stereocenters. The molecule has 0 fully saturated rings. The van der Waals surface area contributed by atoms with Crippen LogP contribution in [0.15, 0.2) is 24.3 Å². The van der Waals surface area contributed by atoms with Gasteiger partial charge in [-0.2, -0.15) is 0 Å². The van der Waals surface area contributed by atoms with Crippen molar-refractivity contribution in [1.29, 1.82) is 0 Å². The highest BCUT2D eigenvalue weighted by Gasteiger charge is 2.17. The maximum Gasteiger partial charge on any atom is 0.0937 e. The van der Waals surface area contributed by atoms with E-state index in [4.69, 9.17) is 11.6 Å². The van der Waals surface area contributed by atoms with Crippen molar-refractivity contribution in [3.8, 4) is 0 Å². The van der Waals surface area contributed by atoms with Gasteiger partial charge in [0.05, 0.1) is 10.7 Å². The first kappa shape index (κ1) is 16.5. The maximum absolute atomic E-state index is 6.39. The lowest BCUT2D eigenvalue weighted by Gasteiger charge is -2.18. The maximum atomic E-state index is 6.39. The van der Waals surface area contributed by atoms with Gasteiger partial charge in [0.1, 0.15) is 0 Å². The molecule has 2 aromatic rings. The van der Waals surface area contributed by atoms with Gasteiger partial charge < -0.3 is 5.32 Å². The Labute approximate surface area is 136 Å². The standard InChI is InChI=1S/C17H23ClN2S/c1-4-9-19-11-14(15-7-5-6-8-16(15)18)10-17-20-12(2)13(3)21-17/h5-8,14,19H,4,9-11H2,1-3H3. The normalized spacial score (nSPS) is 12.6. The van der Waals surface area contributed by atoms with E-state index >= 15 is 0 Å². The average Bonchev–Trinajstić information content (AvgIpc) is 2.77. The second kappa shape index (κ2) is 7.92. The van der Waals surface area contributed by atoms with Crippen LogP contribution in [-0.2, 0) is 6.42 Å². The number of nitrogens with zero attached hydrogens (tertiary/aromatic N) is 1. The molecule has 0 spiro atoms. The van der Waals surface area contributed by atoms with Gasteiger partial charge in [0.25, 0.3) is 0 Å². The van der Waals surface area contributed by atoms with E-state index in [1.165, 1.54) is 15.4 Å². The van der Waals surface area contributed by atoms with E-state index in [-0.39, 0.29) is 0 Å². The molecule has 1 heterocycles. The molecule has 0 saturated heterocycles. The molecule has 2 rings (SSSR count). The summed E-state index contributed by atoms with van der Waals surface area (Å²) < 4.78 is 0. The van der Waals surface area contributed by atoms with Crippen LogP contribution in [0.4, 0.5) is 0 Å². The van der Waals surface area contributed by atoms with E-state index in [2.05, 4.69) is 43.2 Å². The van der Waals surface area contributed by atoms with Crippen molar-refractivity contribution in [3.05, 3.63) is 50.4 Å². The van der Waals surface area contributed by atoms with Crippen LogP contribution in [0.1, 0.15) is 40.4 Å². The summed E-state index contributed by atoms with van der Waals surface area (Å²) in [6.45, 7) is 8.38. The minimum atomic E-state index is 0.371. The third-order valence-electron chi connectivity index (χ3n) is 3.66. The average molecular weight is 323 g/mol. The highest BCUT2D eigenvalue weighted by molar-refractivity contribution is 7.11. The molecule has 21 heavy (non-hydrogen) atoms. The van der Waals surface area contributed by atoms with Crippen LogP contribution in [0.2, 0.25) is 5.02 Å². The van der Waals surface area contributed by atoms with Gasteiger partial charge >= 0.3 is 0 Å². The lowest BCUT2D eigenvalue weighted by Crippen LogP contribution is -2.24. The van der Waals surface area contributed by atoms with E-state index in [1.807, 2.05) is 12.1 Å². The Kier molecular flexibility index (Phi) is 6.22. The number of nitrogens with one attached hydrogen (secondary N) is 1. The molecule has 0 radical (unpaired) electrons. The summed E-state index contributed by atoms with van der Waals surface area (Å²) in [4.78, 5) is 5.99. The number of aromatic nitrogens is 1. The monoisotopic (exact) mass is 322 g/mol. The van der Waals surface area contributed by atoms with Crippen molar-refractivity contribution >= 4 is 22.9 Å². The van der Waals surface area contributed by atoms with Crippen molar-refractivity contribution in [3.63, 3.8) is 0 Å². The molecule has 1 N–H and O–H groups in total. The van der Waals surface area contributed by atoms with Crippen LogP contribution < -0.4 is 5.32 Å². The van der Waals surface area contributed by atoms with Crippen molar-refractivity contribution < 1.29 is 0 Å². The Morgan fingerprint density at radius 3 is 2.67 bits per heavy atom. The first-order valence-electron chi connectivity index (χ1n) is 7.49. The fraction of sp³-hybridized carbons (Fsp3) is 0.471. The van der Waals surface area contributed by atoms with Gasteiger partial charge in [0.2, 0.25) is 0 Å². The van der Waals surface area contributed by atoms with E-state index < -0.39 is 0 Å². The number of hydrogen-bond acceptors (Lipinski definition) is 3. The zero-order chi connectivity index (χ0) is 15.2. The molecule has 1 aromatic heterocycles. The third-order valence-corrected chi connectivity index (χ3v) is 5.10. The molecule has 0 aliphatic heterocycles. The topological polar surface area (TPSA) is 24.9 Å². The Bertz CT molecular complexity index is 560. The second-order valence-electron chi connectivity index (χ2n) is 5.38. The molecule has 0 saturated carbocycles. The second-order valence-corrected chi connectivity index (χ2v) is 7.07. The summed E-state index contributed by atoms with van der Waals surface area (Å²) in [5.74, 6) is 0.371. The van der Waals surface area contributed by atoms with Gasteiger partial charge in [0, 0.05) is 28.8 Å². The third kappa shape index (κ3) is 4.53. The van der Waals surface area contributed by atoms with Crippen LogP contribution in [0.3, 0.4) is 0 Å². The van der Waals surface area contributed by atoms with Gasteiger partial charge in [-0.25, -0.2) is 4.98 Å². The molecule has 0 bridgehead atoms. The van der Waals surface area contributed by atoms with Crippen LogP contribution in [0, 0.1) is 13.8 Å². The number of aryl methyl sites for hydroxylation is 2. The SMILES string of the molecule is CCCNCC(Cc1nc(C)c(C)s1)c1ccccc1Cl. The van der Waals surface area contributed by atoms with Crippen molar-refractivity contribution in [2.24, 2.45) is 0 Å². The van der Waals surface area contributed by atoms with Crippen molar-refractivity contribution in [2.45, 2.75) is 39.5 Å². The van der Waals surface area contributed by atoms with E-state index in [0.29, 0.717) is 5.92 Å². The molecule has 0 aliphatic carbocycles. The molecule has 114 valence electrons. The van der Waals surface area contributed by atoms with Gasteiger partial charge in [-0.15, -0.1) is 11.3 Å². The Balaban J connectivity index is 2.17. The largest absolute Gasteiger partial charge is 0.316 e. The molecule has 1 aromatic carbocycles. The summed E-state index contributed by atoms with van der Waals surface area (Å²) in [5.41, 5.74) is 2.36. The number of rotatable bonds is 7. The van der Waals surface area contributed by atoms with Gasteiger partial charge in [-0.3, -0.25) is 0 Å². The molecule has 4 heteroatoms. The summed E-state index contributed by atoms with van der Waals surface area (Å²) in [5, 5.41) is 5.58. The quantitative estimate of drug-likeness (QED) is 0.745. The first-order valence-corrected chi connectivity index (χ1v) is 8.69. The van der Waals surface area contributed by atoms with Gasteiger partial charge in [0.15, 0.2) is 0 Å². The van der Waals surface area contributed by atoms with E-state index in [1.54, 1.807) is 11.3 Å². The molecule has 2 nitrogen and oxygen atoms in total. The predicted molar refractivity (Wildman–Crippen MR) is 92.6 cm³/mol. The number of thiazole rings is 1.